The number of furan rings is 2. The summed E-state index contributed by atoms with van der Waals surface area (Å²) in [4.78, 5) is 0. The molecule has 0 saturated carbocycles. The van der Waals surface area contributed by atoms with E-state index in [1.165, 1.54) is 81.5 Å². The molecule has 394 valence electrons. The largest absolute Gasteiger partial charge is 0.456 e. The summed E-state index contributed by atoms with van der Waals surface area (Å²) in [5, 5.41) is 14.1. The smallest absolute Gasteiger partial charge is 0.241 e. The van der Waals surface area contributed by atoms with Crippen LogP contribution in [0, 0.1) is 0 Å². The summed E-state index contributed by atoms with van der Waals surface area (Å²) in [6.45, 7) is -0.0353. The van der Waals surface area contributed by atoms with Crippen LogP contribution in [0.5, 0.6) is 0 Å². The quantitative estimate of drug-likeness (QED) is 0.149. The first-order valence-corrected chi connectivity index (χ1v) is 29.2. The summed E-state index contributed by atoms with van der Waals surface area (Å²) in [5.41, 5.74) is 20.9. The number of hydrogen-bond donors (Lipinski definition) is 0. The van der Waals surface area contributed by atoms with E-state index in [-0.39, 0.29) is 6.71 Å². The highest BCUT2D eigenvalue weighted by Gasteiger charge is 2.27. The van der Waals surface area contributed by atoms with Crippen molar-refractivity contribution in [3.63, 3.8) is 0 Å². The second kappa shape index (κ2) is 17.6. The number of para-hydroxylation sites is 6. The van der Waals surface area contributed by atoms with E-state index < -0.39 is 0 Å². The van der Waals surface area contributed by atoms with E-state index in [0.717, 1.165) is 88.7 Å². The Balaban J connectivity index is 0.777. The zero-order valence-corrected chi connectivity index (χ0v) is 45.8. The third-order valence-corrected chi connectivity index (χ3v) is 18.3. The van der Waals surface area contributed by atoms with Crippen LogP contribution < -0.4 is 16.4 Å². The lowest BCUT2D eigenvalue weighted by Gasteiger charge is -2.18. The average molecular weight is 1080 g/mol. The highest BCUT2D eigenvalue weighted by Crippen LogP contribution is 2.45. The van der Waals surface area contributed by atoms with Crippen molar-refractivity contribution in [1.82, 2.24) is 18.3 Å². The number of aromatic nitrogens is 4. The molecule has 19 aromatic rings. The monoisotopic (exact) mass is 1080 g/mol. The standard InChI is InChI=1S/C78H47BN4O2/c1-2-16-48(17-3-1)79(49-30-34-51(35-31-49)80-67-24-10-4-18-55(67)61-40-42-63-57-20-6-12-26-69(57)82(77(63)75(61)80)53-38-44-73-65(46-53)59-22-8-14-28-71(59)84-73)50-32-36-52(37-33-50)81-68-25-11-5-19-56(68)62-41-43-64-58-21-7-13-27-70(58)83(78(64)76(62)81)54-39-45-74-66(47-54)60-23-9-15-29-72(60)85-74/h1-47H. The van der Waals surface area contributed by atoms with Gasteiger partial charge in [0.2, 0.25) is 6.71 Å². The molecule has 0 aliphatic rings. The zero-order valence-electron chi connectivity index (χ0n) is 45.8. The van der Waals surface area contributed by atoms with E-state index in [2.05, 4.69) is 291 Å². The molecule has 6 heterocycles. The van der Waals surface area contributed by atoms with Gasteiger partial charge in [0.05, 0.1) is 44.1 Å². The van der Waals surface area contributed by atoms with Crippen molar-refractivity contribution in [3.8, 4) is 22.7 Å². The normalized spacial score (nSPS) is 12.2. The van der Waals surface area contributed by atoms with E-state index in [9.17, 15) is 0 Å². The van der Waals surface area contributed by atoms with Gasteiger partial charge in [-0.25, -0.2) is 0 Å². The maximum atomic E-state index is 6.35. The van der Waals surface area contributed by atoms with Crippen LogP contribution in [0.1, 0.15) is 0 Å². The number of hydrogen-bond acceptors (Lipinski definition) is 2. The van der Waals surface area contributed by atoms with Gasteiger partial charge in [-0.15, -0.1) is 0 Å². The molecule has 0 atom stereocenters. The Kier molecular flexibility index (Phi) is 9.61. The Labute approximate surface area is 486 Å². The van der Waals surface area contributed by atoms with Crippen LogP contribution >= 0.6 is 0 Å². The van der Waals surface area contributed by atoms with Crippen molar-refractivity contribution >= 4 is 154 Å². The average Bonchev–Trinajstić information content (AvgIpc) is 2.06. The molecule has 0 fully saturated rings. The van der Waals surface area contributed by atoms with Gasteiger partial charge >= 0.3 is 0 Å². The molecule has 0 unspecified atom stereocenters. The molecule has 6 nitrogen and oxygen atoms in total. The van der Waals surface area contributed by atoms with Crippen LogP contribution in [-0.2, 0) is 0 Å². The fourth-order valence-corrected chi connectivity index (χ4v) is 14.6. The van der Waals surface area contributed by atoms with Crippen molar-refractivity contribution in [2.45, 2.75) is 0 Å². The van der Waals surface area contributed by atoms with Crippen molar-refractivity contribution in [1.29, 1.82) is 0 Å². The Hall–Kier alpha value is -11.3. The molecule has 7 heteroatoms. The molecular weight excluding hydrogens is 1040 g/mol. The van der Waals surface area contributed by atoms with Gasteiger partial charge < -0.3 is 27.1 Å². The molecule has 0 saturated heterocycles. The topological polar surface area (TPSA) is 46.0 Å². The highest BCUT2D eigenvalue weighted by molar-refractivity contribution is 6.95. The van der Waals surface area contributed by atoms with Gasteiger partial charge in [0.15, 0.2) is 0 Å². The fraction of sp³-hybridized carbons (Fsp3) is 0. The maximum absolute atomic E-state index is 6.35. The predicted octanol–water partition coefficient (Wildman–Crippen LogP) is 18.4. The van der Waals surface area contributed by atoms with Crippen LogP contribution in [-0.4, -0.2) is 25.0 Å². The predicted molar refractivity (Wildman–Crippen MR) is 356 cm³/mol. The van der Waals surface area contributed by atoms with Crippen molar-refractivity contribution in [2.24, 2.45) is 0 Å². The molecule has 13 aromatic carbocycles. The summed E-state index contributed by atoms with van der Waals surface area (Å²) >= 11 is 0. The molecule has 19 rings (SSSR count). The molecule has 0 spiro atoms. The lowest BCUT2D eigenvalue weighted by Crippen LogP contribution is -2.51. The fourth-order valence-electron chi connectivity index (χ4n) is 14.6. The number of fused-ring (bicyclic) bond motifs is 20. The van der Waals surface area contributed by atoms with Gasteiger partial charge in [0.25, 0.3) is 0 Å². The van der Waals surface area contributed by atoms with Crippen molar-refractivity contribution in [2.75, 3.05) is 0 Å². The first kappa shape index (κ1) is 46.3. The first-order valence-electron chi connectivity index (χ1n) is 29.2. The van der Waals surface area contributed by atoms with Gasteiger partial charge in [0.1, 0.15) is 22.3 Å². The molecule has 0 bridgehead atoms. The highest BCUT2D eigenvalue weighted by atomic mass is 16.3. The third kappa shape index (κ3) is 6.60. The Morgan fingerprint density at radius 1 is 0.200 bits per heavy atom. The van der Waals surface area contributed by atoms with E-state index in [4.69, 9.17) is 8.83 Å². The van der Waals surface area contributed by atoms with Gasteiger partial charge in [-0.3, -0.25) is 0 Å². The SMILES string of the molecule is c1ccc(B(c2ccc(-n3c4ccccc4c4ccc5c6ccccc6n(-c6ccc7oc8ccccc8c7c6)c5c43)cc2)c2ccc(-n3c4ccccc4c4ccc5c6ccccc6n(-c6ccc7oc8ccccc8c7c6)c5c43)cc2)cc1. The van der Waals surface area contributed by atoms with E-state index in [0.29, 0.717) is 0 Å². The van der Waals surface area contributed by atoms with Crippen LogP contribution in [0.2, 0.25) is 0 Å². The molecule has 0 aliphatic heterocycles. The lowest BCUT2D eigenvalue weighted by atomic mass is 9.37. The lowest BCUT2D eigenvalue weighted by molar-refractivity contribution is 0.668. The van der Waals surface area contributed by atoms with Crippen LogP contribution in [0.15, 0.2) is 294 Å². The molecule has 6 aromatic heterocycles. The summed E-state index contributed by atoms with van der Waals surface area (Å²) in [6.07, 6.45) is 0. The summed E-state index contributed by atoms with van der Waals surface area (Å²) < 4.78 is 22.6. The molecule has 85 heavy (non-hydrogen) atoms. The van der Waals surface area contributed by atoms with Gasteiger partial charge in [-0.2, -0.15) is 0 Å². The molecule has 0 radical (unpaired) electrons. The van der Waals surface area contributed by atoms with Gasteiger partial charge in [-0.05, 0) is 97.1 Å². The van der Waals surface area contributed by atoms with Crippen LogP contribution in [0.25, 0.3) is 154 Å². The van der Waals surface area contributed by atoms with Crippen LogP contribution in [0.3, 0.4) is 0 Å². The Morgan fingerprint density at radius 3 is 0.859 bits per heavy atom. The Morgan fingerprint density at radius 2 is 0.482 bits per heavy atom. The second-order valence-corrected chi connectivity index (χ2v) is 22.7. The molecule has 0 N–H and O–H groups in total. The van der Waals surface area contributed by atoms with Crippen molar-refractivity contribution < 1.29 is 8.83 Å². The minimum Gasteiger partial charge on any atom is -0.456 e. The molecule has 0 aliphatic carbocycles. The molecular formula is C78H47BN4O2. The number of benzene rings is 13. The summed E-state index contributed by atoms with van der Waals surface area (Å²) in [6, 6.07) is 104. The molecule has 0 amide bonds. The Bertz CT molecular complexity index is 5620. The first-order chi connectivity index (χ1) is 42.2. The number of nitrogens with zero attached hydrogens (tertiary/aromatic N) is 4. The van der Waals surface area contributed by atoms with E-state index in [1.807, 2.05) is 12.1 Å². The zero-order chi connectivity index (χ0) is 55.4. The minimum atomic E-state index is -0.0353. The van der Waals surface area contributed by atoms with E-state index >= 15 is 0 Å². The van der Waals surface area contributed by atoms with Crippen LogP contribution in [0.4, 0.5) is 0 Å². The van der Waals surface area contributed by atoms with E-state index in [1.54, 1.807) is 0 Å². The van der Waals surface area contributed by atoms with Gasteiger partial charge in [-0.1, -0.05) is 204 Å². The second-order valence-electron chi connectivity index (χ2n) is 22.7. The van der Waals surface area contributed by atoms with Gasteiger partial charge in [0, 0.05) is 87.4 Å². The summed E-state index contributed by atoms with van der Waals surface area (Å²) in [7, 11) is 0. The summed E-state index contributed by atoms with van der Waals surface area (Å²) in [5.74, 6) is 0. The van der Waals surface area contributed by atoms with Crippen molar-refractivity contribution in [3.05, 3.63) is 285 Å². The minimum absolute atomic E-state index is 0.0353. The maximum Gasteiger partial charge on any atom is 0.241 e. The number of rotatable bonds is 7. The third-order valence-electron chi connectivity index (χ3n) is 18.3.